The summed E-state index contributed by atoms with van der Waals surface area (Å²) in [6, 6.07) is 32.1. The van der Waals surface area contributed by atoms with E-state index >= 15 is 0 Å². The van der Waals surface area contributed by atoms with Crippen molar-refractivity contribution < 1.29 is 0 Å². The number of halogens is 1. The normalized spacial score (nSPS) is 12.1. The van der Waals surface area contributed by atoms with Crippen molar-refractivity contribution >= 4 is 70.4 Å². The van der Waals surface area contributed by atoms with Crippen molar-refractivity contribution in [2.24, 2.45) is 7.05 Å². The second-order valence-corrected chi connectivity index (χ2v) is 9.12. The van der Waals surface area contributed by atoms with Gasteiger partial charge in [0, 0.05) is 44.0 Å². The molecule has 0 bridgehead atoms. The summed E-state index contributed by atoms with van der Waals surface area (Å²) in [5, 5.41) is 6.16. The second kappa shape index (κ2) is 6.44. The summed E-state index contributed by atoms with van der Waals surface area (Å²) in [6.45, 7) is 0. The molecule has 3 heterocycles. The van der Waals surface area contributed by atoms with E-state index in [0.717, 1.165) is 32.2 Å². The molecule has 0 N–H and O–H groups in total. The number of pyridine rings is 1. The first kappa shape index (κ1) is 18.0. The van der Waals surface area contributed by atoms with Crippen molar-refractivity contribution in [3.63, 3.8) is 0 Å². The Labute approximate surface area is 192 Å². The number of rotatable bonds is 1. The van der Waals surface area contributed by atoms with Crippen LogP contribution in [0.5, 0.6) is 0 Å². The van der Waals surface area contributed by atoms with Gasteiger partial charge in [-0.05, 0) is 52.3 Å². The van der Waals surface area contributed by atoms with Gasteiger partial charge in [-0.2, -0.15) is 0 Å². The van der Waals surface area contributed by atoms with E-state index in [2.05, 4.69) is 117 Å². The number of aromatic nitrogens is 3. The topological polar surface area (TPSA) is 22.8 Å². The molecule has 152 valence electrons. The Bertz CT molecular complexity index is 1860. The molecule has 0 amide bonds. The van der Waals surface area contributed by atoms with E-state index in [9.17, 15) is 0 Å². The van der Waals surface area contributed by atoms with Crippen LogP contribution in [-0.4, -0.2) is 14.1 Å². The fourth-order valence-electron chi connectivity index (χ4n) is 5.19. The van der Waals surface area contributed by atoms with E-state index in [1.165, 1.54) is 32.6 Å². The molecule has 32 heavy (non-hydrogen) atoms. The van der Waals surface area contributed by atoms with Gasteiger partial charge in [0.25, 0.3) is 0 Å². The van der Waals surface area contributed by atoms with Crippen molar-refractivity contribution in [1.29, 1.82) is 0 Å². The van der Waals surface area contributed by atoms with Crippen LogP contribution in [0, 0.1) is 0 Å². The van der Waals surface area contributed by atoms with Crippen LogP contribution in [0.1, 0.15) is 0 Å². The van der Waals surface area contributed by atoms with Crippen molar-refractivity contribution in [2.45, 2.75) is 0 Å². The number of fused-ring (bicyclic) bond motifs is 8. The number of hydrogen-bond acceptors (Lipinski definition) is 1. The molecule has 7 aromatic rings. The van der Waals surface area contributed by atoms with Gasteiger partial charge in [-0.25, -0.2) is 4.98 Å². The van der Waals surface area contributed by atoms with Crippen LogP contribution < -0.4 is 0 Å². The first-order chi connectivity index (χ1) is 15.7. The molecule has 0 aliphatic carbocycles. The molecule has 7 rings (SSSR count). The summed E-state index contributed by atoms with van der Waals surface area (Å²) in [5.41, 5.74) is 5.79. The van der Waals surface area contributed by atoms with Crippen LogP contribution >= 0.6 is 15.9 Å². The van der Waals surface area contributed by atoms with E-state index in [0.29, 0.717) is 0 Å². The van der Waals surface area contributed by atoms with Crippen molar-refractivity contribution in [1.82, 2.24) is 14.1 Å². The Hall–Kier alpha value is -3.63. The average Bonchev–Trinajstić information content (AvgIpc) is 3.32. The molecule has 0 radical (unpaired) electrons. The first-order valence-electron chi connectivity index (χ1n) is 10.7. The second-order valence-electron chi connectivity index (χ2n) is 8.27. The lowest BCUT2D eigenvalue weighted by atomic mass is 10.1. The van der Waals surface area contributed by atoms with E-state index in [-0.39, 0.29) is 0 Å². The zero-order valence-electron chi connectivity index (χ0n) is 17.4. The van der Waals surface area contributed by atoms with Crippen LogP contribution in [0.15, 0.2) is 95.5 Å². The van der Waals surface area contributed by atoms with Gasteiger partial charge in [0.2, 0.25) is 0 Å². The quantitative estimate of drug-likeness (QED) is 0.238. The van der Waals surface area contributed by atoms with Crippen LogP contribution in [0.4, 0.5) is 0 Å². The molecule has 3 aromatic heterocycles. The highest BCUT2D eigenvalue weighted by Crippen LogP contribution is 2.43. The monoisotopic (exact) mass is 475 g/mol. The number of hydrogen-bond donors (Lipinski definition) is 0. The molecule has 0 saturated carbocycles. The molecule has 4 heteroatoms. The van der Waals surface area contributed by atoms with Gasteiger partial charge in [0.1, 0.15) is 5.82 Å². The third-order valence-corrected chi connectivity index (χ3v) is 7.17. The summed E-state index contributed by atoms with van der Waals surface area (Å²) >= 11 is 3.93. The largest absolute Gasteiger partial charge is 0.343 e. The minimum Gasteiger partial charge on any atom is -0.343 e. The maximum atomic E-state index is 5.04. The van der Waals surface area contributed by atoms with Gasteiger partial charge in [-0.1, -0.05) is 54.6 Å². The lowest BCUT2D eigenvalue weighted by molar-refractivity contribution is 1.02. The van der Waals surface area contributed by atoms with Gasteiger partial charge in [0.15, 0.2) is 0 Å². The number of aryl methyl sites for hydroxylation is 1. The highest BCUT2D eigenvalue weighted by molar-refractivity contribution is 9.10. The Morgan fingerprint density at radius 2 is 1.41 bits per heavy atom. The van der Waals surface area contributed by atoms with E-state index in [1.807, 2.05) is 6.07 Å². The Balaban J connectivity index is 1.73. The lowest BCUT2D eigenvalue weighted by Gasteiger charge is -2.10. The summed E-state index contributed by atoms with van der Waals surface area (Å²) < 4.78 is 5.69. The lowest BCUT2D eigenvalue weighted by Crippen LogP contribution is -1.98. The summed E-state index contributed by atoms with van der Waals surface area (Å²) in [5.74, 6) is 0.925. The SMILES string of the molecule is Cn1c2ccccc2c2cc(Br)c3c(c4ccccc4n3-c3ccc4ccccc4n3)c21. The molecule has 0 unspecified atom stereocenters. The predicted molar refractivity (Wildman–Crippen MR) is 138 cm³/mol. The minimum atomic E-state index is 0.925. The molecule has 4 aromatic carbocycles. The molecule has 0 atom stereocenters. The van der Waals surface area contributed by atoms with Crippen LogP contribution in [-0.2, 0) is 7.05 Å². The fraction of sp³-hybridized carbons (Fsp3) is 0.0357. The molecule has 3 nitrogen and oxygen atoms in total. The third-order valence-electron chi connectivity index (χ3n) is 6.57. The van der Waals surface area contributed by atoms with Gasteiger partial charge < -0.3 is 4.57 Å². The zero-order chi connectivity index (χ0) is 21.4. The van der Waals surface area contributed by atoms with E-state index < -0.39 is 0 Å². The molecule has 0 spiro atoms. The molecule has 0 aliphatic rings. The number of nitrogens with zero attached hydrogens (tertiary/aromatic N) is 3. The first-order valence-corrected chi connectivity index (χ1v) is 11.5. The number of para-hydroxylation sites is 3. The average molecular weight is 476 g/mol. The summed E-state index contributed by atoms with van der Waals surface area (Å²) in [6.07, 6.45) is 0. The van der Waals surface area contributed by atoms with Gasteiger partial charge in [-0.3, -0.25) is 4.57 Å². The Morgan fingerprint density at radius 1 is 0.688 bits per heavy atom. The zero-order valence-corrected chi connectivity index (χ0v) is 19.0. The minimum absolute atomic E-state index is 0.925. The summed E-state index contributed by atoms with van der Waals surface area (Å²) in [4.78, 5) is 5.04. The van der Waals surface area contributed by atoms with Gasteiger partial charge in [-0.15, -0.1) is 0 Å². The fourth-order valence-corrected chi connectivity index (χ4v) is 5.79. The van der Waals surface area contributed by atoms with E-state index in [4.69, 9.17) is 4.98 Å². The van der Waals surface area contributed by atoms with Crippen LogP contribution in [0.25, 0.3) is 60.3 Å². The maximum absolute atomic E-state index is 5.04. The molecule has 0 fully saturated rings. The van der Waals surface area contributed by atoms with Gasteiger partial charge in [0.05, 0.1) is 22.1 Å². The van der Waals surface area contributed by atoms with Crippen LogP contribution in [0.2, 0.25) is 0 Å². The van der Waals surface area contributed by atoms with Crippen molar-refractivity contribution in [3.8, 4) is 5.82 Å². The molecular weight excluding hydrogens is 458 g/mol. The smallest absolute Gasteiger partial charge is 0.138 e. The predicted octanol–water partition coefficient (Wildman–Crippen LogP) is 7.74. The van der Waals surface area contributed by atoms with Crippen molar-refractivity contribution in [2.75, 3.05) is 0 Å². The molecular formula is C28H18BrN3. The Kier molecular flexibility index (Phi) is 3.62. The molecule has 0 aliphatic heterocycles. The van der Waals surface area contributed by atoms with E-state index in [1.54, 1.807) is 0 Å². The highest BCUT2D eigenvalue weighted by atomic mass is 79.9. The highest BCUT2D eigenvalue weighted by Gasteiger charge is 2.21. The Morgan fingerprint density at radius 3 is 2.28 bits per heavy atom. The standard InChI is InChI=1S/C28H18BrN3/c1-31-23-12-6-3-9-18(23)20-16-21(29)28-26(27(20)31)19-10-4-7-13-24(19)32(28)25-15-14-17-8-2-5-11-22(17)30-25/h2-16H,1H3. The third kappa shape index (κ3) is 2.28. The molecule has 0 saturated heterocycles. The summed E-state index contributed by atoms with van der Waals surface area (Å²) in [7, 11) is 2.17. The van der Waals surface area contributed by atoms with Crippen LogP contribution in [0.3, 0.4) is 0 Å². The van der Waals surface area contributed by atoms with Gasteiger partial charge >= 0.3 is 0 Å². The maximum Gasteiger partial charge on any atom is 0.138 e. The van der Waals surface area contributed by atoms with Crippen molar-refractivity contribution in [3.05, 3.63) is 95.5 Å². The number of benzene rings is 4.